The van der Waals surface area contributed by atoms with E-state index in [-0.39, 0.29) is 12.5 Å². The second kappa shape index (κ2) is 7.08. The molecule has 0 fully saturated rings. The first kappa shape index (κ1) is 17.0. The van der Waals surface area contributed by atoms with Gasteiger partial charge in [0.25, 0.3) is 5.91 Å². The molecule has 0 saturated heterocycles. The minimum Gasteiger partial charge on any atom is -0.348 e. The van der Waals surface area contributed by atoms with E-state index in [1.165, 1.54) is 0 Å². The molecule has 0 bridgehead atoms. The smallest absolute Gasteiger partial charge is 0.269 e. The molecule has 0 radical (unpaired) electrons. The molecule has 136 valence electrons. The Labute approximate surface area is 159 Å². The maximum atomic E-state index is 12.3. The summed E-state index contributed by atoms with van der Waals surface area (Å²) in [6, 6.07) is 12.7. The summed E-state index contributed by atoms with van der Waals surface area (Å²) in [6.45, 7) is 0.117. The van der Waals surface area contributed by atoms with E-state index >= 15 is 0 Å². The highest BCUT2D eigenvalue weighted by atomic mass is 35.5. The van der Waals surface area contributed by atoms with Crippen LogP contribution >= 0.6 is 11.6 Å². The highest BCUT2D eigenvalue weighted by Crippen LogP contribution is 2.20. The highest BCUT2D eigenvalue weighted by molar-refractivity contribution is 6.30. The highest BCUT2D eigenvalue weighted by Gasteiger charge is 2.14. The zero-order valence-electron chi connectivity index (χ0n) is 14.3. The van der Waals surface area contributed by atoms with Gasteiger partial charge < -0.3 is 14.4 Å². The zero-order chi connectivity index (χ0) is 18.8. The fourth-order valence-electron chi connectivity index (χ4n) is 2.58. The lowest BCUT2D eigenvalue weighted by atomic mass is 10.1. The molecular weight excluding hydrogens is 368 g/mol. The number of nitrogens with one attached hydrogen (secondary N) is 2. The van der Waals surface area contributed by atoms with Crippen LogP contribution in [0.2, 0.25) is 5.02 Å². The molecule has 4 aromatic rings. The van der Waals surface area contributed by atoms with Crippen molar-refractivity contribution in [3.05, 3.63) is 65.3 Å². The molecule has 8 nitrogen and oxygen atoms in total. The largest absolute Gasteiger partial charge is 0.348 e. The van der Waals surface area contributed by atoms with Crippen molar-refractivity contribution in [3.63, 3.8) is 0 Å². The minimum atomic E-state index is -0.318. The maximum absolute atomic E-state index is 12.3. The van der Waals surface area contributed by atoms with Crippen LogP contribution in [0.25, 0.3) is 22.8 Å². The van der Waals surface area contributed by atoms with Crippen LogP contribution in [0.5, 0.6) is 0 Å². The number of hydrogen-bond donors (Lipinski definition) is 2. The molecule has 0 aliphatic rings. The molecule has 3 aromatic heterocycles. The van der Waals surface area contributed by atoms with E-state index in [1.807, 2.05) is 42.1 Å². The number of aryl methyl sites for hydroxylation is 1. The lowest BCUT2D eigenvalue weighted by Crippen LogP contribution is -2.23. The Morgan fingerprint density at radius 3 is 2.85 bits per heavy atom. The number of halogens is 1. The van der Waals surface area contributed by atoms with Crippen LogP contribution in [0.15, 0.2) is 53.2 Å². The van der Waals surface area contributed by atoms with E-state index in [1.54, 1.807) is 18.2 Å². The van der Waals surface area contributed by atoms with Gasteiger partial charge in [-0.05, 0) is 30.3 Å². The van der Waals surface area contributed by atoms with Gasteiger partial charge in [0.2, 0.25) is 11.7 Å². The van der Waals surface area contributed by atoms with Gasteiger partial charge in [-0.2, -0.15) is 10.1 Å². The Balaban J connectivity index is 1.41. The molecular formula is C18H15ClN6O2. The van der Waals surface area contributed by atoms with Gasteiger partial charge in [0.15, 0.2) is 0 Å². The first-order chi connectivity index (χ1) is 13.1. The molecule has 3 heterocycles. The Kier molecular flexibility index (Phi) is 4.47. The van der Waals surface area contributed by atoms with E-state index in [9.17, 15) is 4.79 Å². The van der Waals surface area contributed by atoms with E-state index in [0.29, 0.717) is 28.1 Å². The Morgan fingerprint density at radius 1 is 1.30 bits per heavy atom. The molecule has 0 unspecified atom stereocenters. The van der Waals surface area contributed by atoms with E-state index in [2.05, 4.69) is 25.7 Å². The third kappa shape index (κ3) is 3.61. The SMILES string of the molecule is Cn1cccc1-c1noc(CNC(=O)c2cc(-c3ccc(Cl)cc3)n[nH]2)n1. The van der Waals surface area contributed by atoms with Gasteiger partial charge in [-0.15, -0.1) is 0 Å². The second-order valence-electron chi connectivity index (χ2n) is 5.87. The molecule has 0 aliphatic carbocycles. The number of aromatic nitrogens is 5. The summed E-state index contributed by atoms with van der Waals surface area (Å²) in [5.74, 6) is 0.469. The molecule has 0 saturated carbocycles. The summed E-state index contributed by atoms with van der Waals surface area (Å²) in [7, 11) is 1.89. The maximum Gasteiger partial charge on any atom is 0.269 e. The third-order valence-electron chi connectivity index (χ3n) is 4.00. The molecule has 0 aliphatic heterocycles. The number of hydrogen-bond acceptors (Lipinski definition) is 5. The molecule has 1 amide bonds. The summed E-state index contributed by atoms with van der Waals surface area (Å²) in [5, 5.41) is 14.2. The Bertz CT molecular complexity index is 1080. The number of aromatic amines is 1. The van der Waals surface area contributed by atoms with E-state index in [4.69, 9.17) is 16.1 Å². The van der Waals surface area contributed by atoms with Crippen molar-refractivity contribution < 1.29 is 9.32 Å². The van der Waals surface area contributed by atoms with Crippen LogP contribution in [0, 0.1) is 0 Å². The van der Waals surface area contributed by atoms with Crippen LogP contribution in [0.1, 0.15) is 16.4 Å². The third-order valence-corrected chi connectivity index (χ3v) is 4.26. The molecule has 0 atom stereocenters. The van der Waals surface area contributed by atoms with Gasteiger partial charge in [-0.1, -0.05) is 28.9 Å². The molecule has 2 N–H and O–H groups in total. The normalized spacial score (nSPS) is 10.9. The van der Waals surface area contributed by atoms with Crippen LogP contribution < -0.4 is 5.32 Å². The Hall–Kier alpha value is -3.39. The second-order valence-corrected chi connectivity index (χ2v) is 6.31. The fraction of sp³-hybridized carbons (Fsp3) is 0.111. The molecule has 9 heteroatoms. The summed E-state index contributed by atoms with van der Waals surface area (Å²) in [4.78, 5) is 16.6. The van der Waals surface area contributed by atoms with Gasteiger partial charge in [-0.3, -0.25) is 9.89 Å². The summed E-state index contributed by atoms with van der Waals surface area (Å²) in [6.07, 6.45) is 1.89. The lowest BCUT2D eigenvalue weighted by Gasteiger charge is -1.98. The summed E-state index contributed by atoms with van der Waals surface area (Å²) in [5.41, 5.74) is 2.68. The zero-order valence-corrected chi connectivity index (χ0v) is 15.1. The number of H-pyrrole nitrogens is 1. The van der Waals surface area contributed by atoms with Crippen molar-refractivity contribution in [1.82, 2.24) is 30.2 Å². The average molecular weight is 383 g/mol. The molecule has 1 aromatic carbocycles. The van der Waals surface area contributed by atoms with Crippen molar-refractivity contribution in [1.29, 1.82) is 0 Å². The van der Waals surface area contributed by atoms with E-state index in [0.717, 1.165) is 11.3 Å². The number of carbonyl (C=O) groups is 1. The monoisotopic (exact) mass is 382 g/mol. The Morgan fingerprint density at radius 2 is 2.11 bits per heavy atom. The van der Waals surface area contributed by atoms with Gasteiger partial charge in [-0.25, -0.2) is 0 Å². The van der Waals surface area contributed by atoms with Gasteiger partial charge in [0.05, 0.1) is 17.9 Å². The van der Waals surface area contributed by atoms with Crippen LogP contribution in [-0.4, -0.2) is 30.8 Å². The number of carbonyl (C=O) groups excluding carboxylic acids is 1. The molecule has 4 rings (SSSR count). The van der Waals surface area contributed by atoms with Crippen molar-refractivity contribution in [2.24, 2.45) is 7.05 Å². The van der Waals surface area contributed by atoms with Gasteiger partial charge in [0, 0.05) is 23.8 Å². The van der Waals surface area contributed by atoms with E-state index < -0.39 is 0 Å². The predicted molar refractivity (Wildman–Crippen MR) is 98.9 cm³/mol. The molecule has 27 heavy (non-hydrogen) atoms. The van der Waals surface area contributed by atoms with Crippen LogP contribution in [0.4, 0.5) is 0 Å². The van der Waals surface area contributed by atoms with Crippen molar-refractivity contribution in [2.75, 3.05) is 0 Å². The fourth-order valence-corrected chi connectivity index (χ4v) is 2.71. The van der Waals surface area contributed by atoms with Crippen molar-refractivity contribution >= 4 is 17.5 Å². The molecule has 0 spiro atoms. The van der Waals surface area contributed by atoms with Gasteiger partial charge in [0.1, 0.15) is 5.69 Å². The number of rotatable bonds is 5. The quantitative estimate of drug-likeness (QED) is 0.552. The van der Waals surface area contributed by atoms with Crippen molar-refractivity contribution in [2.45, 2.75) is 6.54 Å². The first-order valence-electron chi connectivity index (χ1n) is 8.14. The number of amides is 1. The van der Waals surface area contributed by atoms with Crippen molar-refractivity contribution in [3.8, 4) is 22.8 Å². The minimum absolute atomic E-state index is 0.117. The number of nitrogens with zero attached hydrogens (tertiary/aromatic N) is 4. The standard InChI is InChI=1S/C18H15ClN6O2/c1-25-8-2-3-15(25)17-21-16(27-24-17)10-20-18(26)14-9-13(22-23-14)11-4-6-12(19)7-5-11/h2-9H,10H2,1H3,(H,20,26)(H,22,23). The van der Waals surface area contributed by atoms with Crippen LogP contribution in [0.3, 0.4) is 0 Å². The summed E-state index contributed by atoms with van der Waals surface area (Å²) >= 11 is 5.88. The first-order valence-corrected chi connectivity index (χ1v) is 8.52. The topological polar surface area (TPSA) is 102 Å². The van der Waals surface area contributed by atoms with Crippen LogP contribution in [-0.2, 0) is 13.6 Å². The average Bonchev–Trinajstić information content (AvgIpc) is 3.40. The van der Waals surface area contributed by atoms with Gasteiger partial charge >= 0.3 is 0 Å². The summed E-state index contributed by atoms with van der Waals surface area (Å²) < 4.78 is 7.07. The predicted octanol–water partition coefficient (Wildman–Crippen LogP) is 3.05. The lowest BCUT2D eigenvalue weighted by molar-refractivity contribution is 0.0941. The number of benzene rings is 1.